The summed E-state index contributed by atoms with van der Waals surface area (Å²) in [5, 5.41) is 17.9. The zero-order valence-electron chi connectivity index (χ0n) is 17.4. The summed E-state index contributed by atoms with van der Waals surface area (Å²) in [6.07, 6.45) is -0.912. The molecule has 1 aliphatic rings. The van der Waals surface area contributed by atoms with E-state index in [1.165, 1.54) is 34.1 Å². The number of alkyl halides is 3. The molecule has 1 atom stereocenters. The number of fused-ring (bicyclic) bond motifs is 1. The average Bonchev–Trinajstić information content (AvgIpc) is 3.13. The molecular weight excluding hydrogens is 463 g/mol. The van der Waals surface area contributed by atoms with Crippen molar-refractivity contribution in [1.82, 2.24) is 9.78 Å². The number of hydrogen-bond acceptors (Lipinski definition) is 4. The van der Waals surface area contributed by atoms with E-state index in [0.29, 0.717) is 10.3 Å². The zero-order chi connectivity index (χ0) is 24.1. The number of hydrogen-bond donors (Lipinski definition) is 1. The number of nitrogens with zero attached hydrogens (tertiary/aromatic N) is 4. The van der Waals surface area contributed by atoms with E-state index < -0.39 is 28.6 Å². The number of rotatable bonds is 3. The fourth-order valence-corrected chi connectivity index (χ4v) is 3.97. The molecule has 1 aliphatic heterocycles. The van der Waals surface area contributed by atoms with Gasteiger partial charge in [-0.2, -0.15) is 23.0 Å². The van der Waals surface area contributed by atoms with E-state index >= 15 is 0 Å². The fourth-order valence-electron chi connectivity index (χ4n) is 3.69. The Morgan fingerprint density at radius 3 is 2.67 bits per heavy atom. The van der Waals surface area contributed by atoms with E-state index in [2.05, 4.69) is 10.4 Å². The van der Waals surface area contributed by atoms with Crippen molar-refractivity contribution in [3.05, 3.63) is 75.5 Å². The van der Waals surface area contributed by atoms with Crippen LogP contribution >= 0.6 is 11.6 Å². The number of benzene rings is 1. The number of carbonyl (C=O) groups excluding carboxylic acids is 2. The molecular formula is C21H17ClF3N5O3. The molecule has 0 spiro atoms. The van der Waals surface area contributed by atoms with Crippen molar-refractivity contribution in [1.29, 1.82) is 0 Å². The lowest BCUT2D eigenvalue weighted by Gasteiger charge is -2.32. The maximum absolute atomic E-state index is 13.3. The number of halogens is 4. The summed E-state index contributed by atoms with van der Waals surface area (Å²) in [6, 6.07) is 4.25. The van der Waals surface area contributed by atoms with Gasteiger partial charge < -0.3 is 15.4 Å². The Bertz CT molecular complexity index is 1250. The number of carbonyl (C=O) groups is 2. The predicted octanol–water partition coefficient (Wildman–Crippen LogP) is 3.97. The van der Waals surface area contributed by atoms with Crippen molar-refractivity contribution in [3.63, 3.8) is 0 Å². The van der Waals surface area contributed by atoms with Crippen LogP contribution in [-0.4, -0.2) is 28.1 Å². The smallest absolute Gasteiger partial charge is 0.417 e. The topological polar surface area (TPSA) is 94.2 Å². The van der Waals surface area contributed by atoms with Gasteiger partial charge in [-0.05, 0) is 38.1 Å². The molecule has 0 saturated carbocycles. The van der Waals surface area contributed by atoms with Crippen molar-refractivity contribution < 1.29 is 27.5 Å². The molecule has 2 aromatic heterocycles. The van der Waals surface area contributed by atoms with E-state index in [-0.39, 0.29) is 35.2 Å². The van der Waals surface area contributed by atoms with Crippen molar-refractivity contribution in [2.24, 2.45) is 0 Å². The number of aromatic nitrogens is 3. The van der Waals surface area contributed by atoms with Gasteiger partial charge >= 0.3 is 6.18 Å². The summed E-state index contributed by atoms with van der Waals surface area (Å²) in [4.78, 5) is 27.2. The van der Waals surface area contributed by atoms with Crippen molar-refractivity contribution >= 4 is 34.8 Å². The van der Waals surface area contributed by atoms with E-state index in [9.17, 15) is 28.0 Å². The first kappa shape index (κ1) is 22.6. The SMILES string of the molecule is Cc1cc(C(=O)Nc2cnn3c2C(=O)N(c2ccc(C(F)(F)F)c(Cl)c2)CC3C)c[n+]([O-])c1. The molecule has 12 heteroatoms. The van der Waals surface area contributed by atoms with Crippen LogP contribution < -0.4 is 14.9 Å². The normalized spacial score (nSPS) is 16.0. The summed E-state index contributed by atoms with van der Waals surface area (Å²) in [7, 11) is 0. The summed E-state index contributed by atoms with van der Waals surface area (Å²) < 4.78 is 41.1. The van der Waals surface area contributed by atoms with Crippen LogP contribution in [0.25, 0.3) is 0 Å². The molecule has 2 amide bonds. The molecule has 0 aliphatic carbocycles. The Balaban J connectivity index is 1.66. The average molecular weight is 480 g/mol. The van der Waals surface area contributed by atoms with Gasteiger partial charge in [-0.1, -0.05) is 11.6 Å². The number of pyridine rings is 1. The Hall–Kier alpha value is -3.60. The second-order valence-corrected chi connectivity index (χ2v) is 8.10. The van der Waals surface area contributed by atoms with Gasteiger partial charge in [0.2, 0.25) is 0 Å². The zero-order valence-corrected chi connectivity index (χ0v) is 18.1. The second-order valence-electron chi connectivity index (χ2n) is 7.69. The Kier molecular flexibility index (Phi) is 5.52. The molecule has 4 rings (SSSR count). The van der Waals surface area contributed by atoms with Crippen LogP contribution in [0.5, 0.6) is 0 Å². The third-order valence-corrected chi connectivity index (χ3v) is 5.48. The number of nitrogens with one attached hydrogen (secondary N) is 1. The van der Waals surface area contributed by atoms with Crippen LogP contribution in [0, 0.1) is 12.1 Å². The monoisotopic (exact) mass is 479 g/mol. The van der Waals surface area contributed by atoms with Crippen molar-refractivity contribution in [3.8, 4) is 0 Å². The molecule has 172 valence electrons. The minimum Gasteiger partial charge on any atom is -0.619 e. The molecule has 0 radical (unpaired) electrons. The number of amides is 2. The fraction of sp³-hybridized carbons (Fsp3) is 0.238. The maximum Gasteiger partial charge on any atom is 0.417 e. The van der Waals surface area contributed by atoms with Crippen molar-refractivity contribution in [2.75, 3.05) is 16.8 Å². The Labute approximate surface area is 190 Å². The van der Waals surface area contributed by atoms with Gasteiger partial charge in [0.25, 0.3) is 11.8 Å². The molecule has 0 saturated heterocycles. The molecule has 0 bridgehead atoms. The first-order valence-corrected chi connectivity index (χ1v) is 10.1. The van der Waals surface area contributed by atoms with Crippen LogP contribution in [-0.2, 0) is 6.18 Å². The van der Waals surface area contributed by atoms with E-state index in [4.69, 9.17) is 11.6 Å². The quantitative estimate of drug-likeness (QED) is 0.454. The Morgan fingerprint density at radius 2 is 2.03 bits per heavy atom. The minimum absolute atomic E-state index is 0.0563. The van der Waals surface area contributed by atoms with Gasteiger partial charge in [0.05, 0.1) is 28.5 Å². The second kappa shape index (κ2) is 8.07. The molecule has 1 unspecified atom stereocenters. The third kappa shape index (κ3) is 4.23. The highest BCUT2D eigenvalue weighted by molar-refractivity contribution is 6.31. The summed E-state index contributed by atoms with van der Waals surface area (Å²) >= 11 is 5.83. The minimum atomic E-state index is -4.62. The predicted molar refractivity (Wildman–Crippen MR) is 113 cm³/mol. The van der Waals surface area contributed by atoms with Gasteiger partial charge in [0.1, 0.15) is 5.56 Å². The van der Waals surface area contributed by atoms with Gasteiger partial charge in [0, 0.05) is 17.8 Å². The van der Waals surface area contributed by atoms with E-state index in [0.717, 1.165) is 18.3 Å². The molecule has 1 aromatic carbocycles. The standard InChI is InChI=1S/C21H17ClF3N5O3/c1-11-5-13(10-28(33)8-11)19(31)27-17-7-26-30-12(2)9-29(20(32)18(17)30)14-3-4-15(16(22)6-14)21(23,24)25/h3-8,10,12H,9H2,1-2H3,(H,27,31). The number of aryl methyl sites for hydroxylation is 1. The first-order chi connectivity index (χ1) is 15.5. The van der Waals surface area contributed by atoms with E-state index in [1.807, 2.05) is 0 Å². The molecule has 3 heterocycles. The lowest BCUT2D eigenvalue weighted by molar-refractivity contribution is -0.605. The largest absolute Gasteiger partial charge is 0.619 e. The van der Waals surface area contributed by atoms with Crippen molar-refractivity contribution in [2.45, 2.75) is 26.1 Å². The molecule has 1 N–H and O–H groups in total. The summed E-state index contributed by atoms with van der Waals surface area (Å²) in [5.41, 5.74) is 0.00880. The van der Waals surface area contributed by atoms with Crippen LogP contribution in [0.2, 0.25) is 5.02 Å². The van der Waals surface area contributed by atoms with Crippen LogP contribution in [0.4, 0.5) is 24.5 Å². The maximum atomic E-state index is 13.3. The number of anilines is 2. The van der Waals surface area contributed by atoms with Gasteiger partial charge in [-0.25, -0.2) is 0 Å². The van der Waals surface area contributed by atoms with E-state index in [1.54, 1.807) is 13.8 Å². The van der Waals surface area contributed by atoms with Crippen LogP contribution in [0.15, 0.2) is 42.9 Å². The van der Waals surface area contributed by atoms with Crippen LogP contribution in [0.1, 0.15) is 44.9 Å². The molecule has 33 heavy (non-hydrogen) atoms. The highest BCUT2D eigenvalue weighted by Gasteiger charge is 2.36. The first-order valence-electron chi connectivity index (χ1n) is 9.73. The van der Waals surface area contributed by atoms with Gasteiger partial charge in [-0.3, -0.25) is 14.3 Å². The highest BCUT2D eigenvalue weighted by Crippen LogP contribution is 2.38. The molecule has 8 nitrogen and oxygen atoms in total. The molecule has 3 aromatic rings. The summed E-state index contributed by atoms with van der Waals surface area (Å²) in [6.45, 7) is 3.57. The van der Waals surface area contributed by atoms with Crippen LogP contribution in [0.3, 0.4) is 0 Å². The third-order valence-electron chi connectivity index (χ3n) is 5.17. The lowest BCUT2D eigenvalue weighted by atomic mass is 10.1. The highest BCUT2D eigenvalue weighted by atomic mass is 35.5. The molecule has 0 fully saturated rings. The van der Waals surface area contributed by atoms with Gasteiger partial charge in [-0.15, -0.1) is 0 Å². The lowest BCUT2D eigenvalue weighted by Crippen LogP contribution is -2.43. The van der Waals surface area contributed by atoms with Gasteiger partial charge in [0.15, 0.2) is 18.1 Å². The Morgan fingerprint density at radius 1 is 1.30 bits per heavy atom. The summed E-state index contributed by atoms with van der Waals surface area (Å²) in [5.74, 6) is -1.19.